The number of methoxy groups -OCH3 is 2. The van der Waals surface area contributed by atoms with Crippen LogP contribution >= 0.6 is 23.4 Å². The molecule has 2 aromatic carbocycles. The number of ether oxygens (including phenoxy) is 2. The highest BCUT2D eigenvalue weighted by Crippen LogP contribution is 2.31. The van der Waals surface area contributed by atoms with Crippen molar-refractivity contribution in [2.45, 2.75) is 11.7 Å². The Labute approximate surface area is 187 Å². The fourth-order valence-corrected chi connectivity index (χ4v) is 4.18. The van der Waals surface area contributed by atoms with Crippen LogP contribution in [0.3, 0.4) is 0 Å². The number of hydrogen-bond donors (Lipinski definition) is 1. The summed E-state index contributed by atoms with van der Waals surface area (Å²) >= 11 is 7.13. The fraction of sp³-hybridized carbons (Fsp3) is 0.238. The molecule has 0 spiro atoms. The molecule has 1 aliphatic rings. The second-order valence-electron chi connectivity index (χ2n) is 6.51. The molecule has 2 aromatic rings. The molecule has 1 N–H and O–H groups in total. The SMILES string of the molecule is COC(=O)c1ccc(N2C(=O)C[C@H](SCC(=O)Nc3ccc(OC)c(Cl)c3)C2=O)cc1. The Morgan fingerprint density at radius 2 is 1.87 bits per heavy atom. The van der Waals surface area contributed by atoms with Gasteiger partial charge in [0.1, 0.15) is 5.75 Å². The third kappa shape index (κ3) is 5.18. The van der Waals surface area contributed by atoms with Gasteiger partial charge in [0, 0.05) is 12.1 Å². The number of amides is 3. The Balaban J connectivity index is 1.59. The van der Waals surface area contributed by atoms with Gasteiger partial charge >= 0.3 is 5.97 Å². The summed E-state index contributed by atoms with van der Waals surface area (Å²) in [5, 5.41) is 2.39. The third-order valence-electron chi connectivity index (χ3n) is 4.50. The van der Waals surface area contributed by atoms with Gasteiger partial charge in [-0.1, -0.05) is 11.6 Å². The van der Waals surface area contributed by atoms with Crippen molar-refractivity contribution < 1.29 is 28.7 Å². The summed E-state index contributed by atoms with van der Waals surface area (Å²) in [5.41, 5.74) is 1.17. The van der Waals surface area contributed by atoms with Crippen LogP contribution in [0.5, 0.6) is 5.75 Å². The summed E-state index contributed by atoms with van der Waals surface area (Å²) in [4.78, 5) is 49.9. The molecule has 1 heterocycles. The number of hydrogen-bond acceptors (Lipinski definition) is 7. The molecule has 162 valence electrons. The van der Waals surface area contributed by atoms with Gasteiger partial charge < -0.3 is 14.8 Å². The normalized spacial score (nSPS) is 15.7. The molecule has 1 atom stereocenters. The summed E-state index contributed by atoms with van der Waals surface area (Å²) < 4.78 is 9.70. The Kier molecular flexibility index (Phi) is 7.19. The van der Waals surface area contributed by atoms with E-state index in [1.165, 1.54) is 38.5 Å². The number of nitrogens with one attached hydrogen (secondary N) is 1. The minimum Gasteiger partial charge on any atom is -0.495 e. The first-order chi connectivity index (χ1) is 14.8. The zero-order chi connectivity index (χ0) is 22.5. The van der Waals surface area contributed by atoms with Gasteiger partial charge in [-0.05, 0) is 42.5 Å². The molecule has 3 amide bonds. The monoisotopic (exact) mass is 462 g/mol. The van der Waals surface area contributed by atoms with Crippen LogP contribution < -0.4 is 15.0 Å². The molecule has 0 unspecified atom stereocenters. The number of benzene rings is 2. The summed E-state index contributed by atoms with van der Waals surface area (Å²) in [5.74, 6) is -1.13. The lowest BCUT2D eigenvalue weighted by Gasteiger charge is -2.15. The first-order valence-corrected chi connectivity index (χ1v) is 10.6. The van der Waals surface area contributed by atoms with Crippen LogP contribution in [0.4, 0.5) is 11.4 Å². The van der Waals surface area contributed by atoms with Crippen molar-refractivity contribution in [3.05, 3.63) is 53.1 Å². The van der Waals surface area contributed by atoms with E-state index in [-0.39, 0.29) is 24.0 Å². The highest BCUT2D eigenvalue weighted by Gasteiger charge is 2.40. The third-order valence-corrected chi connectivity index (χ3v) is 6.00. The number of carbonyl (C=O) groups excluding carboxylic acids is 4. The Morgan fingerprint density at radius 3 is 2.48 bits per heavy atom. The number of rotatable bonds is 7. The molecule has 0 saturated carbocycles. The average molecular weight is 463 g/mol. The van der Waals surface area contributed by atoms with Crippen molar-refractivity contribution in [1.29, 1.82) is 0 Å². The zero-order valence-electron chi connectivity index (χ0n) is 16.7. The zero-order valence-corrected chi connectivity index (χ0v) is 18.3. The van der Waals surface area contributed by atoms with Gasteiger partial charge in [-0.15, -0.1) is 11.8 Å². The van der Waals surface area contributed by atoms with Crippen LogP contribution in [0.1, 0.15) is 16.8 Å². The smallest absolute Gasteiger partial charge is 0.337 e. The first kappa shape index (κ1) is 22.6. The van der Waals surface area contributed by atoms with Gasteiger partial charge in [-0.2, -0.15) is 0 Å². The minimum absolute atomic E-state index is 0.0100. The highest BCUT2D eigenvalue weighted by atomic mass is 35.5. The maximum atomic E-state index is 12.7. The Hall–Kier alpha value is -3.04. The van der Waals surface area contributed by atoms with E-state index in [0.717, 1.165) is 16.7 Å². The lowest BCUT2D eigenvalue weighted by atomic mass is 10.2. The molecular formula is C21H19ClN2O6S. The van der Waals surface area contributed by atoms with Gasteiger partial charge in [0.15, 0.2) is 0 Å². The van der Waals surface area contributed by atoms with E-state index in [1.807, 2.05) is 0 Å². The van der Waals surface area contributed by atoms with Gasteiger partial charge in [-0.3, -0.25) is 14.4 Å². The molecule has 10 heteroatoms. The van der Waals surface area contributed by atoms with Gasteiger partial charge in [0.2, 0.25) is 17.7 Å². The lowest BCUT2D eigenvalue weighted by molar-refractivity contribution is -0.121. The van der Waals surface area contributed by atoms with Crippen LogP contribution in [0.25, 0.3) is 0 Å². The number of imide groups is 1. The van der Waals surface area contributed by atoms with E-state index in [0.29, 0.717) is 27.7 Å². The lowest BCUT2D eigenvalue weighted by Crippen LogP contribution is -2.31. The topological polar surface area (TPSA) is 102 Å². The van der Waals surface area contributed by atoms with Crippen molar-refractivity contribution >= 4 is 58.4 Å². The Bertz CT molecular complexity index is 1030. The Morgan fingerprint density at radius 1 is 1.16 bits per heavy atom. The standard InChI is InChI=1S/C21H19ClN2O6S/c1-29-16-8-5-13(9-15(16)22)23-18(25)11-31-17-10-19(26)24(20(17)27)14-6-3-12(4-7-14)21(28)30-2/h3-9,17H,10-11H2,1-2H3,(H,23,25)/t17-/m0/s1. The predicted octanol–water partition coefficient (Wildman–Crippen LogP) is 3.14. The summed E-state index contributed by atoms with van der Waals surface area (Å²) in [6.07, 6.45) is -0.0100. The second-order valence-corrected chi connectivity index (χ2v) is 8.11. The fourth-order valence-electron chi connectivity index (χ4n) is 2.99. The van der Waals surface area contributed by atoms with Crippen molar-refractivity contribution in [2.75, 3.05) is 30.2 Å². The molecule has 1 saturated heterocycles. The summed E-state index contributed by atoms with van der Waals surface area (Å²) in [6, 6.07) is 10.8. The molecule has 31 heavy (non-hydrogen) atoms. The summed E-state index contributed by atoms with van der Waals surface area (Å²) in [7, 11) is 2.76. The van der Waals surface area contributed by atoms with E-state index in [1.54, 1.807) is 18.2 Å². The van der Waals surface area contributed by atoms with Crippen LogP contribution in [0.15, 0.2) is 42.5 Å². The van der Waals surface area contributed by atoms with Gasteiger partial charge in [0.25, 0.3) is 0 Å². The number of nitrogens with zero attached hydrogens (tertiary/aromatic N) is 1. The predicted molar refractivity (Wildman–Crippen MR) is 118 cm³/mol. The maximum absolute atomic E-state index is 12.7. The van der Waals surface area contributed by atoms with Crippen LogP contribution in [-0.4, -0.2) is 48.9 Å². The van der Waals surface area contributed by atoms with E-state index in [4.69, 9.17) is 16.3 Å². The van der Waals surface area contributed by atoms with Crippen molar-refractivity contribution in [3.8, 4) is 5.75 Å². The molecule has 8 nitrogen and oxygen atoms in total. The minimum atomic E-state index is -0.669. The largest absolute Gasteiger partial charge is 0.495 e. The van der Waals surface area contributed by atoms with Crippen molar-refractivity contribution in [2.24, 2.45) is 0 Å². The van der Waals surface area contributed by atoms with Gasteiger partial charge in [-0.25, -0.2) is 9.69 Å². The summed E-state index contributed by atoms with van der Waals surface area (Å²) in [6.45, 7) is 0. The molecular weight excluding hydrogens is 444 g/mol. The first-order valence-electron chi connectivity index (χ1n) is 9.14. The molecule has 1 aliphatic heterocycles. The number of halogens is 1. The number of thioether (sulfide) groups is 1. The van der Waals surface area contributed by atoms with E-state index in [9.17, 15) is 19.2 Å². The van der Waals surface area contributed by atoms with E-state index in [2.05, 4.69) is 10.1 Å². The van der Waals surface area contributed by atoms with Crippen LogP contribution in [0.2, 0.25) is 5.02 Å². The van der Waals surface area contributed by atoms with Crippen molar-refractivity contribution in [3.63, 3.8) is 0 Å². The maximum Gasteiger partial charge on any atom is 0.337 e. The molecule has 1 fully saturated rings. The molecule has 0 radical (unpaired) electrons. The van der Waals surface area contributed by atoms with Crippen molar-refractivity contribution in [1.82, 2.24) is 0 Å². The molecule has 3 rings (SSSR count). The molecule has 0 aromatic heterocycles. The highest BCUT2D eigenvalue weighted by molar-refractivity contribution is 8.01. The van der Waals surface area contributed by atoms with E-state index < -0.39 is 17.1 Å². The second kappa shape index (κ2) is 9.84. The quantitative estimate of drug-likeness (QED) is 0.498. The van der Waals surface area contributed by atoms with E-state index >= 15 is 0 Å². The van der Waals surface area contributed by atoms with Crippen LogP contribution in [-0.2, 0) is 19.1 Å². The molecule has 0 bridgehead atoms. The number of esters is 1. The molecule has 0 aliphatic carbocycles. The van der Waals surface area contributed by atoms with Crippen LogP contribution in [0, 0.1) is 0 Å². The van der Waals surface area contributed by atoms with Gasteiger partial charge in [0.05, 0.1) is 41.5 Å². The number of carbonyl (C=O) groups is 4. The number of anilines is 2. The average Bonchev–Trinajstić information content (AvgIpc) is 3.05.